The Hall–Kier alpha value is -1.59. The van der Waals surface area contributed by atoms with Crippen molar-refractivity contribution in [1.82, 2.24) is 20.0 Å². The molecule has 1 N–H and O–H groups in total. The molecule has 93 valence electrons. The van der Waals surface area contributed by atoms with E-state index in [1.165, 1.54) is 4.68 Å². The molecule has 1 radical (unpaired) electrons. The Kier molecular flexibility index (Phi) is 3.78. The van der Waals surface area contributed by atoms with Gasteiger partial charge < -0.3 is 5.10 Å². The molecule has 6 heteroatoms. The van der Waals surface area contributed by atoms with Gasteiger partial charge in [-0.15, -0.1) is 0 Å². The first-order valence-corrected chi connectivity index (χ1v) is 5.39. The fraction of sp³-hybridized carbons (Fsp3) is 0. The van der Waals surface area contributed by atoms with Gasteiger partial charge >= 0.3 is 0 Å². The van der Waals surface area contributed by atoms with Gasteiger partial charge in [0.1, 0.15) is 5.52 Å². The summed E-state index contributed by atoms with van der Waals surface area (Å²) < 4.78 is 1.42. The molecule has 0 saturated carbocycles. The van der Waals surface area contributed by atoms with Crippen LogP contribution in [0.15, 0.2) is 35.1 Å². The summed E-state index contributed by atoms with van der Waals surface area (Å²) in [7, 11) is 0. The Labute approximate surface area is 134 Å². The largest absolute Gasteiger partial charge is 0.359 e. The van der Waals surface area contributed by atoms with Gasteiger partial charge in [-0.25, -0.2) is 4.68 Å². The van der Waals surface area contributed by atoms with Crippen LogP contribution < -0.4 is 5.56 Å². The summed E-state index contributed by atoms with van der Waals surface area (Å²) in [5.74, 6) is 0. The zero-order chi connectivity index (χ0) is 12.7. The van der Waals surface area contributed by atoms with Crippen molar-refractivity contribution in [3.63, 3.8) is 0 Å². The number of aromatic nitrogens is 4. The smallest absolute Gasteiger partial charge is 0.284 e. The number of nitrogens with zero attached hydrogens (tertiary/aromatic N) is 3. The Morgan fingerprint density at radius 2 is 1.79 bits per heavy atom. The third kappa shape index (κ3) is 2.20. The van der Waals surface area contributed by atoms with E-state index in [0.29, 0.717) is 16.8 Å². The zero-order valence-corrected chi connectivity index (χ0v) is 13.0. The molecule has 2 heterocycles. The Morgan fingerprint density at radius 1 is 1.11 bits per heavy atom. The van der Waals surface area contributed by atoms with Crippen molar-refractivity contribution in [1.29, 1.82) is 0 Å². The number of fused-ring (bicyclic) bond motifs is 1. The van der Waals surface area contributed by atoms with E-state index in [1.807, 2.05) is 30.3 Å². The fourth-order valence-corrected chi connectivity index (χ4v) is 1.81. The van der Waals surface area contributed by atoms with E-state index in [-0.39, 0.29) is 43.8 Å². The van der Waals surface area contributed by atoms with Gasteiger partial charge in [0.25, 0.3) is 5.56 Å². The molecular weight excluding hydrogens is 317 g/mol. The summed E-state index contributed by atoms with van der Waals surface area (Å²) in [6.07, 6.45) is 0. The van der Waals surface area contributed by atoms with Crippen molar-refractivity contribution in [2.24, 2.45) is 0 Å². The Balaban J connectivity index is 0.00000133. The molecule has 0 bridgehead atoms. The number of hydrogen-bond acceptors (Lipinski definition) is 3. The average Bonchev–Trinajstić information content (AvgIpc) is 2.73. The summed E-state index contributed by atoms with van der Waals surface area (Å²) in [6, 6.07) is 9.27. The molecule has 1 aromatic carbocycles. The molecule has 19 heavy (non-hydrogen) atoms. The quantitative estimate of drug-likeness (QED) is 0.689. The van der Waals surface area contributed by atoms with Gasteiger partial charge in [0.15, 0.2) is 0 Å². The number of benzene rings is 1. The van der Waals surface area contributed by atoms with E-state index in [1.54, 1.807) is 0 Å². The minimum atomic E-state index is -0.242. The molecular formula is C13H10N4OY-2. The summed E-state index contributed by atoms with van der Waals surface area (Å²) >= 11 is 0. The van der Waals surface area contributed by atoms with Crippen LogP contribution in [0.4, 0.5) is 0 Å². The molecule has 0 amide bonds. The summed E-state index contributed by atoms with van der Waals surface area (Å²) in [5.41, 5.74) is 2.40. The number of aromatic amines is 1. The van der Waals surface area contributed by atoms with Gasteiger partial charge in [0.2, 0.25) is 0 Å². The minimum absolute atomic E-state index is 0. The van der Waals surface area contributed by atoms with Crippen LogP contribution in [0.3, 0.4) is 0 Å². The first-order valence-electron chi connectivity index (χ1n) is 5.39. The number of H-pyrrole nitrogens is 1. The van der Waals surface area contributed by atoms with Crippen LogP contribution in [0.25, 0.3) is 16.7 Å². The van der Waals surface area contributed by atoms with Gasteiger partial charge in [-0.1, -0.05) is 23.7 Å². The molecule has 0 unspecified atom stereocenters. The van der Waals surface area contributed by atoms with Crippen LogP contribution in [0.5, 0.6) is 0 Å². The van der Waals surface area contributed by atoms with Crippen LogP contribution in [0.1, 0.15) is 11.3 Å². The van der Waals surface area contributed by atoms with Crippen LogP contribution in [-0.2, 0) is 32.7 Å². The molecule has 0 atom stereocenters. The summed E-state index contributed by atoms with van der Waals surface area (Å²) in [6.45, 7) is 7.56. The topological polar surface area (TPSA) is 63.6 Å². The molecule has 0 aliphatic rings. The molecule has 0 aliphatic heterocycles. The number of hydrogen-bond donors (Lipinski definition) is 1. The van der Waals surface area contributed by atoms with Crippen molar-refractivity contribution in [2.75, 3.05) is 0 Å². The van der Waals surface area contributed by atoms with Gasteiger partial charge in [-0.2, -0.15) is 10.8 Å². The minimum Gasteiger partial charge on any atom is -0.359 e. The van der Waals surface area contributed by atoms with Crippen LogP contribution >= 0.6 is 0 Å². The normalized spacial score (nSPS) is 10.3. The maximum Gasteiger partial charge on any atom is 0.284 e. The van der Waals surface area contributed by atoms with Gasteiger partial charge in [-0.3, -0.25) is 29.3 Å². The summed E-state index contributed by atoms with van der Waals surface area (Å²) in [5, 5.41) is 10.7. The van der Waals surface area contributed by atoms with Crippen LogP contribution in [0, 0.1) is 13.8 Å². The Morgan fingerprint density at radius 3 is 2.47 bits per heavy atom. The molecule has 2 aromatic heterocycles. The molecule has 0 spiro atoms. The average molecular weight is 327 g/mol. The Bertz CT molecular complexity index is 776. The molecule has 0 fully saturated rings. The second-order valence-corrected chi connectivity index (χ2v) is 3.94. The third-order valence-corrected chi connectivity index (χ3v) is 2.80. The van der Waals surface area contributed by atoms with Crippen LogP contribution in [0.2, 0.25) is 0 Å². The van der Waals surface area contributed by atoms with E-state index < -0.39 is 0 Å². The van der Waals surface area contributed by atoms with Gasteiger partial charge in [0.05, 0.1) is 5.69 Å². The van der Waals surface area contributed by atoms with Gasteiger partial charge in [0, 0.05) is 32.7 Å². The van der Waals surface area contributed by atoms with Crippen molar-refractivity contribution in [3.8, 4) is 5.69 Å². The predicted molar refractivity (Wildman–Crippen MR) is 68.4 cm³/mol. The van der Waals surface area contributed by atoms with Crippen molar-refractivity contribution in [2.45, 2.75) is 0 Å². The second kappa shape index (κ2) is 5.19. The third-order valence-electron chi connectivity index (χ3n) is 2.80. The molecule has 3 aromatic rings. The molecule has 5 nitrogen and oxygen atoms in total. The first kappa shape index (κ1) is 13.8. The van der Waals surface area contributed by atoms with E-state index in [0.717, 1.165) is 5.69 Å². The summed E-state index contributed by atoms with van der Waals surface area (Å²) in [4.78, 5) is 12.2. The molecule has 0 saturated heterocycles. The van der Waals surface area contributed by atoms with E-state index in [2.05, 4.69) is 29.1 Å². The van der Waals surface area contributed by atoms with Crippen molar-refractivity contribution < 1.29 is 32.7 Å². The fourth-order valence-electron chi connectivity index (χ4n) is 1.81. The van der Waals surface area contributed by atoms with Crippen LogP contribution in [-0.4, -0.2) is 20.0 Å². The first-order chi connectivity index (χ1) is 8.68. The standard InChI is InChI=1S/C13H10N4O.Y/c1-8-9(2)14-15-12-11(8)16-17(13(12)18)10-6-4-3-5-7-10;/h3-7,16H,1-2H2;/q-2;. The predicted octanol–water partition coefficient (Wildman–Crippen LogP) is 1.47. The number of nitrogens with one attached hydrogen (secondary N) is 1. The van der Waals surface area contributed by atoms with Crippen molar-refractivity contribution in [3.05, 3.63) is 65.8 Å². The number of para-hydroxylation sites is 1. The van der Waals surface area contributed by atoms with E-state index >= 15 is 0 Å². The molecule has 3 rings (SSSR count). The zero-order valence-electron chi connectivity index (χ0n) is 10.1. The van der Waals surface area contributed by atoms with E-state index in [4.69, 9.17) is 0 Å². The maximum atomic E-state index is 12.2. The van der Waals surface area contributed by atoms with Gasteiger partial charge in [-0.05, 0) is 12.1 Å². The maximum absolute atomic E-state index is 12.2. The second-order valence-electron chi connectivity index (χ2n) is 3.94. The number of rotatable bonds is 1. The van der Waals surface area contributed by atoms with Crippen molar-refractivity contribution >= 4 is 11.0 Å². The molecule has 0 aliphatic carbocycles. The SMILES string of the molecule is [CH2-]c1nnc2c(=O)n(-c3ccccc3)[nH]c2c1[CH2-].[Y]. The monoisotopic (exact) mass is 327 g/mol. The van der Waals surface area contributed by atoms with E-state index in [9.17, 15) is 4.79 Å².